The van der Waals surface area contributed by atoms with Crippen molar-refractivity contribution in [1.29, 1.82) is 0 Å². The predicted molar refractivity (Wildman–Crippen MR) is 55.1 cm³/mol. The Morgan fingerprint density at radius 2 is 2.15 bits per heavy atom. The van der Waals surface area contributed by atoms with E-state index in [0.29, 0.717) is 10.5 Å². The molecule has 0 aliphatic carbocycles. The van der Waals surface area contributed by atoms with Gasteiger partial charge in [0.25, 0.3) is 0 Å². The van der Waals surface area contributed by atoms with Gasteiger partial charge >= 0.3 is 0 Å². The fourth-order valence-electron chi connectivity index (χ4n) is 2.30. The van der Waals surface area contributed by atoms with E-state index >= 15 is 0 Å². The topological polar surface area (TPSA) is 9.23 Å². The number of rotatable bonds is 0. The summed E-state index contributed by atoms with van der Waals surface area (Å²) < 4.78 is 5.57. The van der Waals surface area contributed by atoms with Crippen molar-refractivity contribution in [3.05, 3.63) is 34.9 Å². The van der Waals surface area contributed by atoms with Crippen molar-refractivity contribution in [2.45, 2.75) is 17.4 Å². The highest BCUT2D eigenvalue weighted by molar-refractivity contribution is 8.00. The monoisotopic (exact) mass is 192 g/mol. The smallest absolute Gasteiger partial charge is 0.0627 e. The van der Waals surface area contributed by atoms with Gasteiger partial charge in [0.05, 0.1) is 23.7 Å². The van der Waals surface area contributed by atoms with E-state index in [0.717, 1.165) is 13.2 Å². The van der Waals surface area contributed by atoms with Crippen molar-refractivity contribution < 1.29 is 4.74 Å². The maximum Gasteiger partial charge on any atom is 0.0627 e. The zero-order chi connectivity index (χ0) is 8.84. The van der Waals surface area contributed by atoms with Crippen LogP contribution in [0.15, 0.2) is 18.2 Å². The Morgan fingerprint density at radius 1 is 1.31 bits per heavy atom. The first kappa shape index (κ1) is 7.89. The van der Waals surface area contributed by atoms with Crippen LogP contribution < -0.4 is 0 Å². The van der Waals surface area contributed by atoms with Crippen LogP contribution in [0.4, 0.5) is 0 Å². The van der Waals surface area contributed by atoms with Gasteiger partial charge in [-0.15, -0.1) is 11.8 Å². The Bertz CT molecular complexity index is 348. The van der Waals surface area contributed by atoms with Crippen LogP contribution in [0.2, 0.25) is 0 Å². The van der Waals surface area contributed by atoms with Gasteiger partial charge in [-0.05, 0) is 23.6 Å². The maximum atomic E-state index is 5.57. The molecule has 3 rings (SSSR count). The number of thioether (sulfide) groups is 1. The summed E-state index contributed by atoms with van der Waals surface area (Å²) in [6.07, 6.45) is 0. The van der Waals surface area contributed by atoms with Crippen LogP contribution in [0.25, 0.3) is 0 Å². The van der Waals surface area contributed by atoms with Gasteiger partial charge in [-0.2, -0.15) is 0 Å². The Labute approximate surface area is 82.5 Å². The van der Waals surface area contributed by atoms with E-state index in [4.69, 9.17) is 4.74 Å². The van der Waals surface area contributed by atoms with Gasteiger partial charge < -0.3 is 4.74 Å². The highest BCUT2D eigenvalue weighted by atomic mass is 32.2. The molecule has 13 heavy (non-hydrogen) atoms. The zero-order valence-corrected chi connectivity index (χ0v) is 8.43. The number of hydrogen-bond donors (Lipinski definition) is 0. The highest BCUT2D eigenvalue weighted by Gasteiger charge is 2.36. The summed E-state index contributed by atoms with van der Waals surface area (Å²) in [5.74, 6) is 0. The lowest BCUT2D eigenvalue weighted by atomic mass is 9.98. The van der Waals surface area contributed by atoms with Crippen LogP contribution in [0.5, 0.6) is 0 Å². The number of fused-ring (bicyclic) bond motifs is 5. The second kappa shape index (κ2) is 2.76. The van der Waals surface area contributed by atoms with Crippen LogP contribution in [0, 0.1) is 6.92 Å². The first-order valence-electron chi connectivity index (χ1n) is 4.69. The van der Waals surface area contributed by atoms with E-state index < -0.39 is 0 Å². The minimum atomic E-state index is 0.605. The predicted octanol–water partition coefficient (Wildman–Crippen LogP) is 2.85. The molecule has 0 aromatic heterocycles. The molecular formula is C11H12OS. The van der Waals surface area contributed by atoms with E-state index in [2.05, 4.69) is 36.9 Å². The molecule has 0 saturated carbocycles. The third-order valence-corrected chi connectivity index (χ3v) is 4.31. The average Bonchev–Trinajstić information content (AvgIpc) is 2.41. The molecule has 0 spiro atoms. The Morgan fingerprint density at radius 3 is 3.08 bits per heavy atom. The van der Waals surface area contributed by atoms with Crippen LogP contribution >= 0.6 is 11.8 Å². The molecule has 1 aromatic rings. The molecule has 2 aliphatic rings. The first-order chi connectivity index (χ1) is 6.36. The maximum absolute atomic E-state index is 5.57. The van der Waals surface area contributed by atoms with E-state index in [1.807, 2.05) is 0 Å². The fraction of sp³-hybridized carbons (Fsp3) is 0.455. The quantitative estimate of drug-likeness (QED) is 0.625. The summed E-state index contributed by atoms with van der Waals surface area (Å²) in [6.45, 7) is 4.01. The molecule has 0 radical (unpaired) electrons. The van der Waals surface area contributed by atoms with Crippen molar-refractivity contribution in [3.63, 3.8) is 0 Å². The number of benzene rings is 1. The van der Waals surface area contributed by atoms with Crippen LogP contribution in [0.1, 0.15) is 27.2 Å². The van der Waals surface area contributed by atoms with Gasteiger partial charge in [-0.25, -0.2) is 0 Å². The van der Waals surface area contributed by atoms with Crippen molar-refractivity contribution in [3.8, 4) is 0 Å². The third kappa shape index (κ3) is 1.05. The molecule has 1 nitrogen and oxygen atoms in total. The molecule has 1 aromatic carbocycles. The molecule has 2 bridgehead atoms. The minimum Gasteiger partial charge on any atom is -0.378 e. The summed E-state index contributed by atoms with van der Waals surface area (Å²) in [7, 11) is 0. The number of hydrogen-bond acceptors (Lipinski definition) is 2. The summed E-state index contributed by atoms with van der Waals surface area (Å²) in [5.41, 5.74) is 4.51. The average molecular weight is 192 g/mol. The van der Waals surface area contributed by atoms with Gasteiger partial charge in [0.15, 0.2) is 0 Å². The lowest BCUT2D eigenvalue weighted by molar-refractivity contribution is 0.134. The van der Waals surface area contributed by atoms with Crippen LogP contribution in [-0.4, -0.2) is 13.2 Å². The Balaban J connectivity index is 2.20. The minimum absolute atomic E-state index is 0.605. The molecule has 2 unspecified atom stereocenters. The molecule has 2 heteroatoms. The Kier molecular flexibility index (Phi) is 1.67. The molecule has 2 heterocycles. The van der Waals surface area contributed by atoms with Crippen molar-refractivity contribution in [1.82, 2.24) is 0 Å². The van der Waals surface area contributed by atoms with Crippen LogP contribution in [-0.2, 0) is 4.74 Å². The summed E-state index contributed by atoms with van der Waals surface area (Å²) in [5, 5.41) is 1.21. The second-order valence-electron chi connectivity index (χ2n) is 3.73. The standard InChI is InChI=1S/C11H12OS/c1-7-3-2-4-8-9-5-12-6-10(13-9)11(7)8/h2-4,9-10H,5-6H2,1H3. The number of aryl methyl sites for hydroxylation is 1. The third-order valence-electron chi connectivity index (χ3n) is 2.89. The number of ether oxygens (including phenoxy) is 1. The van der Waals surface area contributed by atoms with Gasteiger partial charge in [0.1, 0.15) is 0 Å². The van der Waals surface area contributed by atoms with E-state index in [1.165, 1.54) is 11.1 Å². The molecule has 0 N–H and O–H groups in total. The van der Waals surface area contributed by atoms with Crippen molar-refractivity contribution >= 4 is 11.8 Å². The summed E-state index contributed by atoms with van der Waals surface area (Å²) in [4.78, 5) is 0. The largest absolute Gasteiger partial charge is 0.378 e. The molecule has 68 valence electrons. The molecule has 2 aliphatic heterocycles. The van der Waals surface area contributed by atoms with Crippen molar-refractivity contribution in [2.24, 2.45) is 0 Å². The molecule has 1 fully saturated rings. The van der Waals surface area contributed by atoms with E-state index in [9.17, 15) is 0 Å². The summed E-state index contributed by atoms with van der Waals surface area (Å²) >= 11 is 2.07. The van der Waals surface area contributed by atoms with Crippen LogP contribution in [0.3, 0.4) is 0 Å². The fourth-order valence-corrected chi connectivity index (χ4v) is 3.85. The SMILES string of the molecule is Cc1cccc2c1C1COCC2S1. The first-order valence-corrected chi connectivity index (χ1v) is 5.63. The van der Waals surface area contributed by atoms with Gasteiger partial charge in [0.2, 0.25) is 0 Å². The van der Waals surface area contributed by atoms with E-state index in [-0.39, 0.29) is 0 Å². The zero-order valence-electron chi connectivity index (χ0n) is 7.62. The molecule has 0 amide bonds. The van der Waals surface area contributed by atoms with Gasteiger partial charge in [-0.3, -0.25) is 0 Å². The molecule has 1 saturated heterocycles. The second-order valence-corrected chi connectivity index (χ2v) is 5.14. The lowest BCUT2D eigenvalue weighted by Crippen LogP contribution is -2.09. The Hall–Kier alpha value is -0.470. The van der Waals surface area contributed by atoms with Gasteiger partial charge in [-0.1, -0.05) is 18.2 Å². The van der Waals surface area contributed by atoms with E-state index in [1.54, 1.807) is 5.56 Å². The molecular weight excluding hydrogens is 180 g/mol. The molecule has 2 atom stereocenters. The van der Waals surface area contributed by atoms with Gasteiger partial charge in [0, 0.05) is 0 Å². The summed E-state index contributed by atoms with van der Waals surface area (Å²) in [6, 6.07) is 6.63. The van der Waals surface area contributed by atoms with Crippen molar-refractivity contribution in [2.75, 3.05) is 13.2 Å². The highest BCUT2D eigenvalue weighted by Crippen LogP contribution is 2.54. The lowest BCUT2D eigenvalue weighted by Gasteiger charge is -2.19. The normalized spacial score (nSPS) is 30.2.